The third kappa shape index (κ3) is 6.39. The minimum atomic E-state index is -0.0917. The van der Waals surface area contributed by atoms with Crippen molar-refractivity contribution in [1.82, 2.24) is 0 Å². The Morgan fingerprint density at radius 1 is 1.12 bits per heavy atom. The average Bonchev–Trinajstić information content (AvgIpc) is 2.30. The second kappa shape index (κ2) is 8.90. The zero-order chi connectivity index (χ0) is 12.5. The summed E-state index contributed by atoms with van der Waals surface area (Å²) in [5.74, 6) is 0.823. The highest BCUT2D eigenvalue weighted by Gasteiger charge is 2.19. The molecule has 0 aromatic rings. The molecule has 1 rings (SSSR count). The van der Waals surface area contributed by atoms with Crippen LogP contribution in [0.15, 0.2) is 0 Å². The van der Waals surface area contributed by atoms with Crippen LogP contribution >= 0.6 is 0 Å². The van der Waals surface area contributed by atoms with Crippen LogP contribution in [0.1, 0.15) is 52.9 Å². The van der Waals surface area contributed by atoms with E-state index < -0.39 is 0 Å². The first-order valence-electron chi connectivity index (χ1n) is 7.11. The molecule has 0 amide bonds. The van der Waals surface area contributed by atoms with Gasteiger partial charge in [-0.15, -0.1) is 0 Å². The molecule has 17 heavy (non-hydrogen) atoms. The Kier molecular flexibility index (Phi) is 7.82. The summed E-state index contributed by atoms with van der Waals surface area (Å²) < 4.78 is 16.9. The van der Waals surface area contributed by atoms with Crippen LogP contribution < -0.4 is 0 Å². The summed E-state index contributed by atoms with van der Waals surface area (Å²) in [4.78, 5) is 0. The maximum atomic E-state index is 5.92. The predicted molar refractivity (Wildman–Crippen MR) is 69.0 cm³/mol. The van der Waals surface area contributed by atoms with Gasteiger partial charge in [-0.2, -0.15) is 0 Å². The van der Waals surface area contributed by atoms with E-state index in [9.17, 15) is 0 Å². The van der Waals surface area contributed by atoms with Crippen LogP contribution in [0.2, 0.25) is 0 Å². The molecule has 0 heterocycles. The van der Waals surface area contributed by atoms with Gasteiger partial charge in [-0.05, 0) is 32.6 Å². The van der Waals surface area contributed by atoms with Crippen molar-refractivity contribution in [3.05, 3.63) is 0 Å². The Morgan fingerprint density at radius 3 is 2.41 bits per heavy atom. The van der Waals surface area contributed by atoms with E-state index in [1.54, 1.807) is 0 Å². The van der Waals surface area contributed by atoms with E-state index in [1.807, 2.05) is 13.8 Å². The number of ether oxygens (including phenoxy) is 3. The third-order valence-electron chi connectivity index (χ3n) is 3.30. The Hall–Kier alpha value is -0.120. The van der Waals surface area contributed by atoms with Gasteiger partial charge in [-0.3, -0.25) is 0 Å². The van der Waals surface area contributed by atoms with Gasteiger partial charge in [0.2, 0.25) is 0 Å². The monoisotopic (exact) mass is 244 g/mol. The number of rotatable bonds is 8. The fraction of sp³-hybridized carbons (Fsp3) is 1.00. The first-order valence-corrected chi connectivity index (χ1v) is 7.11. The molecule has 102 valence electrons. The molecule has 2 unspecified atom stereocenters. The molecule has 0 bridgehead atoms. The Labute approximate surface area is 106 Å². The van der Waals surface area contributed by atoms with Crippen molar-refractivity contribution in [1.29, 1.82) is 0 Å². The van der Waals surface area contributed by atoms with Crippen molar-refractivity contribution in [2.45, 2.75) is 65.3 Å². The van der Waals surface area contributed by atoms with Crippen LogP contribution in [0, 0.1) is 5.92 Å². The molecule has 2 atom stereocenters. The van der Waals surface area contributed by atoms with Gasteiger partial charge in [0.15, 0.2) is 6.29 Å². The van der Waals surface area contributed by atoms with E-state index in [4.69, 9.17) is 14.2 Å². The van der Waals surface area contributed by atoms with Crippen molar-refractivity contribution in [3.63, 3.8) is 0 Å². The molecular weight excluding hydrogens is 216 g/mol. The van der Waals surface area contributed by atoms with E-state index in [2.05, 4.69) is 6.92 Å². The molecule has 0 aliphatic heterocycles. The lowest BCUT2D eigenvalue weighted by Gasteiger charge is -2.27. The summed E-state index contributed by atoms with van der Waals surface area (Å²) in [6.45, 7) is 8.46. The molecule has 1 saturated carbocycles. The molecule has 0 radical (unpaired) electrons. The molecule has 1 fully saturated rings. The summed E-state index contributed by atoms with van der Waals surface area (Å²) in [7, 11) is 0. The Balaban J connectivity index is 2.11. The fourth-order valence-electron chi connectivity index (χ4n) is 2.45. The quantitative estimate of drug-likeness (QED) is 0.613. The second-order valence-electron chi connectivity index (χ2n) is 4.89. The zero-order valence-corrected chi connectivity index (χ0v) is 11.6. The topological polar surface area (TPSA) is 27.7 Å². The maximum absolute atomic E-state index is 5.92. The maximum Gasteiger partial charge on any atom is 0.159 e. The van der Waals surface area contributed by atoms with Gasteiger partial charge in [0.1, 0.15) is 0 Å². The van der Waals surface area contributed by atoms with Gasteiger partial charge in [0, 0.05) is 19.6 Å². The molecule has 0 spiro atoms. The van der Waals surface area contributed by atoms with Gasteiger partial charge in [-0.1, -0.05) is 19.8 Å². The molecular formula is C14H28O3. The zero-order valence-electron chi connectivity index (χ0n) is 11.6. The van der Waals surface area contributed by atoms with E-state index in [1.165, 1.54) is 25.7 Å². The number of hydrogen-bond acceptors (Lipinski definition) is 3. The highest BCUT2D eigenvalue weighted by Crippen LogP contribution is 2.25. The second-order valence-corrected chi connectivity index (χ2v) is 4.89. The van der Waals surface area contributed by atoms with Crippen LogP contribution in [0.25, 0.3) is 0 Å². The van der Waals surface area contributed by atoms with E-state index in [0.717, 1.165) is 18.9 Å². The lowest BCUT2D eigenvalue weighted by molar-refractivity contribution is -0.150. The van der Waals surface area contributed by atoms with Crippen LogP contribution in [-0.2, 0) is 14.2 Å². The highest BCUT2D eigenvalue weighted by molar-refractivity contribution is 4.70. The summed E-state index contributed by atoms with van der Waals surface area (Å²) >= 11 is 0. The summed E-state index contributed by atoms with van der Waals surface area (Å²) in [5.41, 5.74) is 0. The molecule has 3 nitrogen and oxygen atoms in total. The van der Waals surface area contributed by atoms with Gasteiger partial charge < -0.3 is 14.2 Å². The Bertz CT molecular complexity index is 174. The largest absolute Gasteiger partial charge is 0.378 e. The molecule has 1 aliphatic rings. The van der Waals surface area contributed by atoms with E-state index >= 15 is 0 Å². The minimum absolute atomic E-state index is 0.0917. The van der Waals surface area contributed by atoms with Crippen LogP contribution in [-0.4, -0.2) is 32.2 Å². The van der Waals surface area contributed by atoms with Crippen molar-refractivity contribution in [2.75, 3.05) is 19.8 Å². The standard InChI is InChI=1S/C14H28O3/c1-4-15-14(16-5-2)9-10-17-13-8-6-7-12(3)11-13/h12-14H,4-11H2,1-3H3. The smallest absolute Gasteiger partial charge is 0.159 e. The van der Waals surface area contributed by atoms with E-state index in [-0.39, 0.29) is 6.29 Å². The number of hydrogen-bond donors (Lipinski definition) is 0. The lowest BCUT2D eigenvalue weighted by atomic mass is 9.89. The summed E-state index contributed by atoms with van der Waals surface area (Å²) in [5, 5.41) is 0. The van der Waals surface area contributed by atoms with Crippen molar-refractivity contribution in [2.24, 2.45) is 5.92 Å². The molecule has 0 saturated heterocycles. The molecule has 0 aromatic heterocycles. The predicted octanol–water partition coefficient (Wildman–Crippen LogP) is 3.37. The molecule has 0 N–H and O–H groups in total. The van der Waals surface area contributed by atoms with Gasteiger partial charge in [-0.25, -0.2) is 0 Å². The Morgan fingerprint density at radius 2 is 1.82 bits per heavy atom. The third-order valence-corrected chi connectivity index (χ3v) is 3.30. The molecule has 3 heteroatoms. The minimum Gasteiger partial charge on any atom is -0.378 e. The van der Waals surface area contributed by atoms with E-state index in [0.29, 0.717) is 19.3 Å². The first kappa shape index (κ1) is 14.9. The lowest BCUT2D eigenvalue weighted by Crippen LogP contribution is -2.25. The SMILES string of the molecule is CCOC(CCOC1CCCC(C)C1)OCC. The summed E-state index contributed by atoms with van der Waals surface area (Å²) in [6.07, 6.45) is 6.32. The van der Waals surface area contributed by atoms with Crippen LogP contribution in [0.3, 0.4) is 0 Å². The highest BCUT2D eigenvalue weighted by atomic mass is 16.7. The van der Waals surface area contributed by atoms with Gasteiger partial charge in [0.25, 0.3) is 0 Å². The van der Waals surface area contributed by atoms with Gasteiger partial charge >= 0.3 is 0 Å². The normalized spacial score (nSPS) is 25.4. The van der Waals surface area contributed by atoms with Crippen molar-refractivity contribution >= 4 is 0 Å². The average molecular weight is 244 g/mol. The molecule has 0 aromatic carbocycles. The fourth-order valence-corrected chi connectivity index (χ4v) is 2.45. The summed E-state index contributed by atoms with van der Waals surface area (Å²) in [6, 6.07) is 0. The van der Waals surface area contributed by atoms with Crippen LogP contribution in [0.4, 0.5) is 0 Å². The van der Waals surface area contributed by atoms with Crippen molar-refractivity contribution < 1.29 is 14.2 Å². The first-order chi connectivity index (χ1) is 8.26. The van der Waals surface area contributed by atoms with Crippen molar-refractivity contribution in [3.8, 4) is 0 Å². The van der Waals surface area contributed by atoms with Crippen LogP contribution in [0.5, 0.6) is 0 Å². The molecule has 1 aliphatic carbocycles. The van der Waals surface area contributed by atoms with Gasteiger partial charge in [0.05, 0.1) is 12.7 Å².